The molecule has 1 heterocycles. The fraction of sp³-hybridized carbons (Fsp3) is 0.167. The number of aryl methyl sites for hydroxylation is 1. The lowest BCUT2D eigenvalue weighted by molar-refractivity contribution is -0.269. The van der Waals surface area contributed by atoms with E-state index >= 15 is 0 Å². The second kappa shape index (κ2) is 7.40. The number of hydrogen-bond acceptors (Lipinski definition) is 3. The minimum absolute atomic E-state index is 0.0350. The van der Waals surface area contributed by atoms with Crippen molar-refractivity contribution in [2.24, 2.45) is 0 Å². The number of carbonyl (C=O) groups is 1. The number of carboxylic acid groups (broad SMARTS) is 1. The topological polar surface area (TPSA) is 58.6 Å². The summed E-state index contributed by atoms with van der Waals surface area (Å²) >= 11 is 13.6. The number of alkyl halides is 3. The van der Waals surface area contributed by atoms with E-state index in [2.05, 4.69) is 5.48 Å². The highest BCUT2D eigenvalue weighted by Crippen LogP contribution is 2.48. The van der Waals surface area contributed by atoms with E-state index in [4.69, 9.17) is 28.0 Å². The summed E-state index contributed by atoms with van der Waals surface area (Å²) in [7, 11) is 0. The first kappa shape index (κ1) is 21.2. The molecule has 0 spiro atoms. The van der Waals surface area contributed by atoms with Crippen molar-refractivity contribution >= 4 is 57.5 Å². The van der Waals surface area contributed by atoms with Crippen LogP contribution in [0.25, 0.3) is 5.70 Å². The highest BCUT2D eigenvalue weighted by atomic mass is 127. The lowest BCUT2D eigenvalue weighted by atomic mass is 9.91. The van der Waals surface area contributed by atoms with Gasteiger partial charge in [0.25, 0.3) is 0 Å². The second-order valence-corrected chi connectivity index (χ2v) is 8.14. The maximum atomic E-state index is 14.0. The van der Waals surface area contributed by atoms with Gasteiger partial charge in [0, 0.05) is 24.7 Å². The van der Waals surface area contributed by atoms with Crippen LogP contribution in [0.2, 0.25) is 10.0 Å². The fourth-order valence-corrected chi connectivity index (χ4v) is 4.44. The van der Waals surface area contributed by atoms with E-state index in [0.29, 0.717) is 14.7 Å². The van der Waals surface area contributed by atoms with Gasteiger partial charge in [0.15, 0.2) is 0 Å². The Labute approximate surface area is 181 Å². The molecule has 2 N–H and O–H groups in total. The maximum Gasteiger partial charge on any atom is 0.428 e. The molecule has 0 radical (unpaired) electrons. The van der Waals surface area contributed by atoms with Crippen LogP contribution in [-0.4, -0.2) is 17.3 Å². The summed E-state index contributed by atoms with van der Waals surface area (Å²) < 4.78 is 42.4. The highest BCUT2D eigenvalue weighted by molar-refractivity contribution is 14.1. The molecular formula is C18H11Cl2F3INO3. The largest absolute Gasteiger partial charge is 0.478 e. The molecule has 1 aliphatic heterocycles. The first-order valence-electron chi connectivity index (χ1n) is 7.68. The van der Waals surface area contributed by atoms with E-state index in [9.17, 15) is 23.1 Å². The van der Waals surface area contributed by atoms with E-state index in [-0.39, 0.29) is 26.9 Å². The van der Waals surface area contributed by atoms with Gasteiger partial charge in [-0.3, -0.25) is 10.3 Å². The number of nitrogens with one attached hydrogen (secondary N) is 1. The van der Waals surface area contributed by atoms with Crippen LogP contribution in [-0.2, 0) is 10.4 Å². The van der Waals surface area contributed by atoms with Crippen molar-refractivity contribution in [3.05, 3.63) is 72.3 Å². The zero-order valence-corrected chi connectivity index (χ0v) is 17.7. The molecule has 28 heavy (non-hydrogen) atoms. The molecular weight excluding hydrogens is 533 g/mol. The van der Waals surface area contributed by atoms with Crippen LogP contribution in [0.3, 0.4) is 0 Å². The van der Waals surface area contributed by atoms with Gasteiger partial charge in [-0.15, -0.1) is 0 Å². The van der Waals surface area contributed by atoms with Crippen molar-refractivity contribution in [2.75, 3.05) is 0 Å². The van der Waals surface area contributed by atoms with Gasteiger partial charge >= 0.3 is 12.1 Å². The molecule has 1 aliphatic rings. The van der Waals surface area contributed by atoms with Crippen LogP contribution in [0.1, 0.15) is 27.0 Å². The van der Waals surface area contributed by atoms with Gasteiger partial charge in [-0.1, -0.05) is 23.2 Å². The number of hydroxylamine groups is 1. The van der Waals surface area contributed by atoms with E-state index in [1.54, 1.807) is 6.92 Å². The average Bonchev–Trinajstić information content (AvgIpc) is 2.99. The molecule has 3 rings (SSSR count). The third-order valence-corrected chi connectivity index (χ3v) is 5.48. The molecule has 1 atom stereocenters. The molecule has 0 fully saturated rings. The standard InChI is InChI=1S/C18H11Cl2F3INO3/c1-8-2-9(3-13(24)15(8)16(26)27)14-7-17(28-25-14,18(21,22)23)10-4-11(19)6-12(20)5-10/h2-7,25H,1H3,(H,26,27). The van der Waals surface area contributed by atoms with Gasteiger partial charge in [0.1, 0.15) is 0 Å². The maximum absolute atomic E-state index is 14.0. The van der Waals surface area contributed by atoms with Crippen molar-refractivity contribution < 1.29 is 27.9 Å². The van der Waals surface area contributed by atoms with Gasteiger partial charge < -0.3 is 5.11 Å². The SMILES string of the molecule is Cc1cc(C2=CC(c3cc(Cl)cc(Cl)c3)(C(F)(F)F)ON2)cc(I)c1C(=O)O. The summed E-state index contributed by atoms with van der Waals surface area (Å²) in [5.41, 5.74) is 0.128. The first-order chi connectivity index (χ1) is 12.9. The summed E-state index contributed by atoms with van der Waals surface area (Å²) in [5, 5.41) is 9.33. The highest BCUT2D eigenvalue weighted by Gasteiger charge is 2.59. The van der Waals surface area contributed by atoms with Crippen LogP contribution in [0.15, 0.2) is 36.4 Å². The van der Waals surface area contributed by atoms with Crippen molar-refractivity contribution in [1.29, 1.82) is 0 Å². The van der Waals surface area contributed by atoms with Crippen LogP contribution in [0, 0.1) is 10.5 Å². The van der Waals surface area contributed by atoms with Gasteiger partial charge in [-0.25, -0.2) is 4.79 Å². The van der Waals surface area contributed by atoms with E-state index in [0.717, 1.165) is 18.2 Å². The molecule has 148 valence electrons. The molecule has 4 nitrogen and oxygen atoms in total. The number of halogens is 6. The van der Waals surface area contributed by atoms with Crippen molar-refractivity contribution in [3.63, 3.8) is 0 Å². The molecule has 0 saturated heterocycles. The Morgan fingerprint density at radius 1 is 1.18 bits per heavy atom. The van der Waals surface area contributed by atoms with Crippen LogP contribution in [0.5, 0.6) is 0 Å². The summed E-state index contributed by atoms with van der Waals surface area (Å²) in [6.45, 7) is 1.57. The second-order valence-electron chi connectivity index (χ2n) is 6.11. The number of rotatable bonds is 3. The Morgan fingerprint density at radius 3 is 2.29 bits per heavy atom. The summed E-state index contributed by atoms with van der Waals surface area (Å²) in [6, 6.07) is 6.52. The average molecular weight is 544 g/mol. The van der Waals surface area contributed by atoms with Crippen molar-refractivity contribution in [3.8, 4) is 0 Å². The molecule has 0 aromatic heterocycles. The van der Waals surface area contributed by atoms with Crippen LogP contribution in [0.4, 0.5) is 13.2 Å². The number of hydrogen-bond donors (Lipinski definition) is 2. The van der Waals surface area contributed by atoms with E-state index in [1.807, 2.05) is 22.6 Å². The summed E-state index contributed by atoms with van der Waals surface area (Å²) in [6.07, 6.45) is -3.93. The molecule has 0 bridgehead atoms. The number of benzene rings is 2. The molecule has 0 saturated carbocycles. The number of aromatic carboxylic acids is 1. The molecule has 10 heteroatoms. The van der Waals surface area contributed by atoms with Gasteiger partial charge in [0.2, 0.25) is 5.60 Å². The van der Waals surface area contributed by atoms with Crippen molar-refractivity contribution in [1.82, 2.24) is 5.48 Å². The lowest BCUT2D eigenvalue weighted by Crippen LogP contribution is -2.42. The Bertz CT molecular complexity index is 967. The van der Waals surface area contributed by atoms with Gasteiger partial charge in [-0.2, -0.15) is 13.2 Å². The van der Waals surface area contributed by atoms with E-state index < -0.39 is 17.7 Å². The predicted octanol–water partition coefficient (Wildman–Crippen LogP) is 5.94. The Hall–Kier alpha value is -1.49. The molecule has 2 aromatic carbocycles. The first-order valence-corrected chi connectivity index (χ1v) is 9.52. The van der Waals surface area contributed by atoms with Crippen LogP contribution >= 0.6 is 45.8 Å². The molecule has 0 amide bonds. The normalized spacial score (nSPS) is 19.3. The lowest BCUT2D eigenvalue weighted by Gasteiger charge is -2.28. The minimum Gasteiger partial charge on any atom is -0.478 e. The third kappa shape index (κ3) is 3.70. The smallest absolute Gasteiger partial charge is 0.428 e. The zero-order valence-electron chi connectivity index (χ0n) is 14.0. The summed E-state index contributed by atoms with van der Waals surface area (Å²) in [5.74, 6) is -1.11. The van der Waals surface area contributed by atoms with Crippen LogP contribution < -0.4 is 5.48 Å². The third-order valence-electron chi connectivity index (χ3n) is 4.19. The van der Waals surface area contributed by atoms with Gasteiger partial charge in [-0.05, 0) is 71.5 Å². The predicted molar refractivity (Wildman–Crippen MR) is 107 cm³/mol. The minimum atomic E-state index is -4.82. The van der Waals surface area contributed by atoms with E-state index in [1.165, 1.54) is 18.2 Å². The Kier molecular flexibility index (Phi) is 5.61. The molecule has 2 aromatic rings. The molecule has 0 aliphatic carbocycles. The Balaban J connectivity index is 2.16. The zero-order chi connectivity index (χ0) is 20.9. The summed E-state index contributed by atoms with van der Waals surface area (Å²) in [4.78, 5) is 16.3. The fourth-order valence-electron chi connectivity index (χ4n) is 2.92. The monoisotopic (exact) mass is 543 g/mol. The molecule has 1 unspecified atom stereocenters. The quantitative estimate of drug-likeness (QED) is 0.471. The Morgan fingerprint density at radius 2 is 1.79 bits per heavy atom. The van der Waals surface area contributed by atoms with Gasteiger partial charge in [0.05, 0.1) is 11.3 Å². The van der Waals surface area contributed by atoms with Crippen molar-refractivity contribution in [2.45, 2.75) is 18.7 Å². The number of carboxylic acids is 1.